The first kappa shape index (κ1) is 14.1. The number of aryl methyl sites for hydroxylation is 1. The normalized spacial score (nSPS) is 15.4. The van der Waals surface area contributed by atoms with Crippen molar-refractivity contribution >= 4 is 21.8 Å². The van der Waals surface area contributed by atoms with Gasteiger partial charge in [0.25, 0.3) is 5.91 Å². The lowest BCUT2D eigenvalue weighted by Crippen LogP contribution is -2.24. The fraction of sp³-hybridized carbons (Fsp3) is 0.235. The van der Waals surface area contributed by atoms with Gasteiger partial charge in [0.2, 0.25) is 0 Å². The maximum atomic E-state index is 12.1. The number of rotatable bonds is 2. The summed E-state index contributed by atoms with van der Waals surface area (Å²) in [7, 11) is 0. The number of halogens is 1. The lowest BCUT2D eigenvalue weighted by atomic mass is 9.98. The topological polar surface area (TPSA) is 38.3 Å². The van der Waals surface area contributed by atoms with Crippen LogP contribution in [0.1, 0.15) is 31.9 Å². The minimum absolute atomic E-state index is 0.0556. The highest BCUT2D eigenvalue weighted by atomic mass is 79.9. The molecule has 2 aromatic rings. The summed E-state index contributed by atoms with van der Waals surface area (Å²) in [6.07, 6.45) is 0. The number of amides is 1. The second-order valence-electron chi connectivity index (χ2n) is 5.08. The highest BCUT2D eigenvalue weighted by Gasteiger charge is 2.20. The molecule has 0 spiro atoms. The quantitative estimate of drug-likeness (QED) is 0.844. The zero-order valence-corrected chi connectivity index (χ0v) is 13.3. The number of benzene rings is 2. The van der Waals surface area contributed by atoms with E-state index in [0.29, 0.717) is 24.5 Å². The van der Waals surface area contributed by atoms with Crippen molar-refractivity contribution in [1.29, 1.82) is 0 Å². The summed E-state index contributed by atoms with van der Waals surface area (Å²) < 4.78 is 5.58. The Bertz CT molecular complexity index is 684. The van der Waals surface area contributed by atoms with E-state index in [9.17, 15) is 4.79 Å². The molecule has 1 heterocycles. The fourth-order valence-corrected chi connectivity index (χ4v) is 3.28. The monoisotopic (exact) mass is 345 g/mol. The van der Waals surface area contributed by atoms with Crippen LogP contribution in [-0.2, 0) is 0 Å². The van der Waals surface area contributed by atoms with Crippen molar-refractivity contribution in [2.45, 2.75) is 11.8 Å². The van der Waals surface area contributed by atoms with Crippen LogP contribution in [0.5, 0.6) is 5.75 Å². The van der Waals surface area contributed by atoms with Gasteiger partial charge in [-0.15, -0.1) is 0 Å². The van der Waals surface area contributed by atoms with Crippen LogP contribution in [0.4, 0.5) is 0 Å². The Kier molecular flexibility index (Phi) is 3.97. The Morgan fingerprint density at radius 1 is 1.24 bits per heavy atom. The van der Waals surface area contributed by atoms with Gasteiger partial charge in [-0.05, 0) is 35.7 Å². The molecule has 2 aromatic carbocycles. The van der Waals surface area contributed by atoms with E-state index in [1.165, 1.54) is 11.1 Å². The van der Waals surface area contributed by atoms with Gasteiger partial charge in [-0.25, -0.2) is 0 Å². The van der Waals surface area contributed by atoms with E-state index in [-0.39, 0.29) is 10.7 Å². The van der Waals surface area contributed by atoms with E-state index < -0.39 is 0 Å². The molecule has 0 radical (unpaired) electrons. The van der Waals surface area contributed by atoms with Crippen molar-refractivity contribution in [2.24, 2.45) is 0 Å². The summed E-state index contributed by atoms with van der Waals surface area (Å²) in [5.41, 5.74) is 4.06. The van der Waals surface area contributed by atoms with E-state index in [1.807, 2.05) is 30.3 Å². The second-order valence-corrected chi connectivity index (χ2v) is 5.99. The van der Waals surface area contributed by atoms with Gasteiger partial charge in [0, 0.05) is 0 Å². The number of hydrogen-bond donors (Lipinski definition) is 1. The Morgan fingerprint density at radius 3 is 2.86 bits per heavy atom. The molecule has 1 amide bonds. The molecule has 1 aliphatic rings. The van der Waals surface area contributed by atoms with Crippen LogP contribution in [-0.4, -0.2) is 19.1 Å². The van der Waals surface area contributed by atoms with Gasteiger partial charge in [0.15, 0.2) is 0 Å². The molecule has 0 fully saturated rings. The Balaban J connectivity index is 2.00. The number of carbonyl (C=O) groups is 1. The van der Waals surface area contributed by atoms with Crippen LogP contribution in [0.3, 0.4) is 0 Å². The molecule has 21 heavy (non-hydrogen) atoms. The van der Waals surface area contributed by atoms with Crippen LogP contribution in [0.15, 0.2) is 42.5 Å². The smallest absolute Gasteiger partial charge is 0.255 e. The number of hydrogen-bond acceptors (Lipinski definition) is 2. The average Bonchev–Trinajstić information content (AvgIpc) is 2.69. The predicted molar refractivity (Wildman–Crippen MR) is 86.2 cm³/mol. The maximum absolute atomic E-state index is 12.1. The van der Waals surface area contributed by atoms with Gasteiger partial charge in [-0.3, -0.25) is 4.79 Å². The van der Waals surface area contributed by atoms with Crippen molar-refractivity contribution in [3.8, 4) is 5.75 Å². The first-order valence-electron chi connectivity index (χ1n) is 6.91. The van der Waals surface area contributed by atoms with Crippen LogP contribution >= 0.6 is 15.9 Å². The Labute approximate surface area is 132 Å². The maximum Gasteiger partial charge on any atom is 0.255 e. The third kappa shape index (κ3) is 2.81. The molecule has 3 nitrogen and oxygen atoms in total. The van der Waals surface area contributed by atoms with Crippen molar-refractivity contribution in [3.05, 3.63) is 64.7 Å². The Morgan fingerprint density at radius 2 is 2.05 bits per heavy atom. The SMILES string of the molecule is Cc1ccccc1C(Br)c1ccc2c(c1)C(=O)NCCO2. The third-order valence-electron chi connectivity index (χ3n) is 3.65. The van der Waals surface area contributed by atoms with Gasteiger partial charge in [0.1, 0.15) is 12.4 Å². The van der Waals surface area contributed by atoms with Gasteiger partial charge in [-0.1, -0.05) is 46.3 Å². The molecule has 4 heteroatoms. The standard InChI is InChI=1S/C17H16BrNO2/c1-11-4-2-3-5-13(11)16(18)12-6-7-15-14(10-12)17(20)19-8-9-21-15/h2-7,10,16H,8-9H2,1H3,(H,19,20). The highest BCUT2D eigenvalue weighted by molar-refractivity contribution is 9.09. The molecule has 0 saturated carbocycles. The van der Waals surface area contributed by atoms with Crippen molar-refractivity contribution in [2.75, 3.05) is 13.2 Å². The summed E-state index contributed by atoms with van der Waals surface area (Å²) in [6.45, 7) is 3.13. The van der Waals surface area contributed by atoms with Gasteiger partial charge >= 0.3 is 0 Å². The van der Waals surface area contributed by atoms with E-state index in [0.717, 1.165) is 5.56 Å². The van der Waals surface area contributed by atoms with Crippen LogP contribution in [0.25, 0.3) is 0 Å². The van der Waals surface area contributed by atoms with Crippen LogP contribution < -0.4 is 10.1 Å². The van der Waals surface area contributed by atoms with E-state index in [2.05, 4.69) is 40.3 Å². The van der Waals surface area contributed by atoms with Crippen molar-refractivity contribution < 1.29 is 9.53 Å². The van der Waals surface area contributed by atoms with E-state index >= 15 is 0 Å². The molecular formula is C17H16BrNO2. The molecule has 0 bridgehead atoms. The predicted octanol–water partition coefficient (Wildman–Crippen LogP) is 3.60. The zero-order valence-electron chi connectivity index (χ0n) is 11.7. The fourth-order valence-electron chi connectivity index (χ4n) is 2.48. The van der Waals surface area contributed by atoms with E-state index in [1.54, 1.807) is 0 Å². The van der Waals surface area contributed by atoms with Crippen LogP contribution in [0, 0.1) is 6.92 Å². The molecule has 1 unspecified atom stereocenters. The molecule has 0 aromatic heterocycles. The number of carbonyl (C=O) groups excluding carboxylic acids is 1. The molecule has 1 atom stereocenters. The zero-order chi connectivity index (χ0) is 14.8. The summed E-state index contributed by atoms with van der Waals surface area (Å²) in [4.78, 5) is 12.1. The first-order chi connectivity index (χ1) is 10.2. The van der Waals surface area contributed by atoms with E-state index in [4.69, 9.17) is 4.74 Å². The minimum Gasteiger partial charge on any atom is -0.491 e. The first-order valence-corrected chi connectivity index (χ1v) is 7.83. The molecule has 1 aliphatic heterocycles. The molecular weight excluding hydrogens is 330 g/mol. The molecule has 0 aliphatic carbocycles. The summed E-state index contributed by atoms with van der Waals surface area (Å²) in [5.74, 6) is 0.576. The van der Waals surface area contributed by atoms with Gasteiger partial charge in [0.05, 0.1) is 16.9 Å². The third-order valence-corrected chi connectivity index (χ3v) is 4.67. The Hall–Kier alpha value is -1.81. The molecule has 108 valence electrons. The number of alkyl halides is 1. The molecule has 3 rings (SSSR count). The highest BCUT2D eigenvalue weighted by Crippen LogP contribution is 2.35. The molecule has 1 N–H and O–H groups in total. The lowest BCUT2D eigenvalue weighted by Gasteiger charge is -2.15. The number of ether oxygens (including phenoxy) is 1. The van der Waals surface area contributed by atoms with Crippen molar-refractivity contribution in [3.63, 3.8) is 0 Å². The van der Waals surface area contributed by atoms with Gasteiger partial charge < -0.3 is 10.1 Å². The van der Waals surface area contributed by atoms with Gasteiger partial charge in [-0.2, -0.15) is 0 Å². The largest absolute Gasteiger partial charge is 0.491 e. The van der Waals surface area contributed by atoms with Crippen LogP contribution in [0.2, 0.25) is 0 Å². The average molecular weight is 346 g/mol. The summed E-state index contributed by atoms with van der Waals surface area (Å²) in [5, 5.41) is 2.84. The van der Waals surface area contributed by atoms with Crippen molar-refractivity contribution in [1.82, 2.24) is 5.32 Å². The number of nitrogens with one attached hydrogen (secondary N) is 1. The molecule has 0 saturated heterocycles. The minimum atomic E-state index is -0.0752. The summed E-state index contributed by atoms with van der Waals surface area (Å²) in [6, 6.07) is 14.0. The number of fused-ring (bicyclic) bond motifs is 1. The summed E-state index contributed by atoms with van der Waals surface area (Å²) >= 11 is 3.74. The lowest BCUT2D eigenvalue weighted by molar-refractivity contribution is 0.0957. The second kappa shape index (κ2) is 5.90.